The Balaban J connectivity index is 1.79. The van der Waals surface area contributed by atoms with Gasteiger partial charge in [-0.05, 0) is 30.2 Å². The Kier molecular flexibility index (Phi) is 4.92. The van der Waals surface area contributed by atoms with E-state index < -0.39 is 5.82 Å². The minimum Gasteiger partial charge on any atom is -0.354 e. The smallest absolute Gasteiger partial charge is 0.321 e. The molecule has 7 heteroatoms. The summed E-state index contributed by atoms with van der Waals surface area (Å²) in [6, 6.07) is 6.66. The fraction of sp³-hybridized carbons (Fsp3) is 0.278. The monoisotopic (exact) mass is 342 g/mol. The highest BCUT2D eigenvalue weighted by Gasteiger charge is 2.19. The number of carbonyl (C=O) groups is 2. The van der Waals surface area contributed by atoms with Gasteiger partial charge in [0.1, 0.15) is 5.82 Å². The van der Waals surface area contributed by atoms with E-state index in [1.807, 2.05) is 19.1 Å². The first-order valence-electron chi connectivity index (χ1n) is 8.07. The maximum atomic E-state index is 13.4. The van der Waals surface area contributed by atoms with Crippen molar-refractivity contribution >= 4 is 17.6 Å². The predicted molar refractivity (Wildman–Crippen MR) is 92.6 cm³/mol. The summed E-state index contributed by atoms with van der Waals surface area (Å²) in [7, 11) is 0. The number of halogens is 1. The zero-order chi connectivity index (χ0) is 17.8. The van der Waals surface area contributed by atoms with Crippen molar-refractivity contribution in [2.24, 2.45) is 0 Å². The molecule has 6 nitrogen and oxygen atoms in total. The van der Waals surface area contributed by atoms with E-state index in [-0.39, 0.29) is 11.9 Å². The van der Waals surface area contributed by atoms with Gasteiger partial charge in [0.05, 0.1) is 6.20 Å². The summed E-state index contributed by atoms with van der Waals surface area (Å²) in [6.45, 7) is 3.17. The van der Waals surface area contributed by atoms with Gasteiger partial charge in [0.25, 0.3) is 0 Å². The first kappa shape index (κ1) is 16.9. The Morgan fingerprint density at radius 3 is 2.88 bits per heavy atom. The van der Waals surface area contributed by atoms with E-state index in [2.05, 4.69) is 15.6 Å². The molecule has 3 amide bonds. The molecule has 2 N–H and O–H groups in total. The first-order chi connectivity index (χ1) is 12.0. The van der Waals surface area contributed by atoms with E-state index in [4.69, 9.17) is 0 Å². The van der Waals surface area contributed by atoms with Crippen LogP contribution < -0.4 is 10.6 Å². The number of urea groups is 1. The van der Waals surface area contributed by atoms with Crippen molar-refractivity contribution in [3.05, 3.63) is 48.0 Å². The molecule has 0 saturated carbocycles. The lowest BCUT2D eigenvalue weighted by Gasteiger charge is -2.21. The molecule has 1 aliphatic rings. The Hall–Kier alpha value is -2.96. The quantitative estimate of drug-likeness (QED) is 0.881. The second-order valence-corrected chi connectivity index (χ2v) is 5.94. The molecule has 130 valence electrons. The van der Waals surface area contributed by atoms with Crippen molar-refractivity contribution in [1.82, 2.24) is 15.2 Å². The van der Waals surface area contributed by atoms with Crippen LogP contribution in [0.3, 0.4) is 0 Å². The largest absolute Gasteiger partial charge is 0.354 e. The Labute approximate surface area is 145 Å². The van der Waals surface area contributed by atoms with Crippen LogP contribution in [-0.4, -0.2) is 41.5 Å². The first-order valence-corrected chi connectivity index (χ1v) is 8.07. The molecule has 1 aromatic carbocycles. The van der Waals surface area contributed by atoms with Crippen LogP contribution in [0.25, 0.3) is 11.1 Å². The average Bonchev–Trinajstić information content (AvgIpc) is 2.81. The minimum absolute atomic E-state index is 0.0490. The van der Waals surface area contributed by atoms with Crippen LogP contribution in [0.2, 0.25) is 0 Å². The van der Waals surface area contributed by atoms with E-state index in [9.17, 15) is 14.0 Å². The third kappa shape index (κ3) is 4.12. The van der Waals surface area contributed by atoms with Gasteiger partial charge >= 0.3 is 6.03 Å². The fourth-order valence-corrected chi connectivity index (χ4v) is 2.67. The molecule has 2 aromatic rings. The molecule has 0 bridgehead atoms. The van der Waals surface area contributed by atoms with Crippen LogP contribution in [0.4, 0.5) is 14.9 Å². The Morgan fingerprint density at radius 2 is 2.08 bits per heavy atom. The summed E-state index contributed by atoms with van der Waals surface area (Å²) in [6.07, 6.45) is 3.02. The van der Waals surface area contributed by atoms with Gasteiger partial charge in [-0.3, -0.25) is 9.78 Å². The van der Waals surface area contributed by atoms with E-state index in [1.165, 1.54) is 6.07 Å². The topological polar surface area (TPSA) is 74.3 Å². The van der Waals surface area contributed by atoms with Crippen LogP contribution in [-0.2, 0) is 4.79 Å². The number of hydrogen-bond acceptors (Lipinski definition) is 3. The molecule has 1 aromatic heterocycles. The SMILES string of the molecule is Cc1ccc(-c2cncc(F)c2)cc1NC(=O)N1CCNC(=O)CC1. The maximum absolute atomic E-state index is 13.4. The molecule has 0 aliphatic carbocycles. The van der Waals surface area contributed by atoms with E-state index in [0.717, 1.165) is 17.3 Å². The summed E-state index contributed by atoms with van der Waals surface area (Å²) in [4.78, 5) is 29.3. The van der Waals surface area contributed by atoms with E-state index >= 15 is 0 Å². The Morgan fingerprint density at radius 1 is 1.24 bits per heavy atom. The van der Waals surface area contributed by atoms with Gasteiger partial charge in [-0.25, -0.2) is 9.18 Å². The second kappa shape index (κ2) is 7.29. The number of nitrogens with zero attached hydrogens (tertiary/aromatic N) is 2. The van der Waals surface area contributed by atoms with Crippen LogP contribution in [0.15, 0.2) is 36.7 Å². The number of carbonyl (C=O) groups excluding carboxylic acids is 2. The maximum Gasteiger partial charge on any atom is 0.321 e. The molecule has 0 atom stereocenters. The standard InChI is InChI=1S/C18H19FN4O2/c1-12-2-3-13(14-8-15(19)11-20-10-14)9-16(12)22-18(25)23-6-4-17(24)21-5-7-23/h2-3,8-11H,4-7H2,1H3,(H,21,24)(H,22,25). The van der Waals surface area contributed by atoms with Crippen molar-refractivity contribution in [2.75, 3.05) is 25.0 Å². The molecular weight excluding hydrogens is 323 g/mol. The molecule has 1 fully saturated rings. The molecule has 0 radical (unpaired) electrons. The van der Waals surface area contributed by atoms with Crippen LogP contribution >= 0.6 is 0 Å². The third-order valence-electron chi connectivity index (χ3n) is 4.12. The molecule has 2 heterocycles. The van der Waals surface area contributed by atoms with Gasteiger partial charge in [0.2, 0.25) is 5.91 Å². The van der Waals surface area contributed by atoms with Gasteiger partial charge in [0.15, 0.2) is 0 Å². The lowest BCUT2D eigenvalue weighted by atomic mass is 10.0. The van der Waals surface area contributed by atoms with Crippen molar-refractivity contribution in [2.45, 2.75) is 13.3 Å². The molecule has 25 heavy (non-hydrogen) atoms. The van der Waals surface area contributed by atoms with Crippen molar-refractivity contribution in [1.29, 1.82) is 0 Å². The van der Waals surface area contributed by atoms with Gasteiger partial charge in [-0.15, -0.1) is 0 Å². The Bertz CT molecular complexity index is 809. The zero-order valence-corrected chi connectivity index (χ0v) is 13.9. The van der Waals surface area contributed by atoms with Crippen molar-refractivity contribution < 1.29 is 14.0 Å². The number of benzene rings is 1. The summed E-state index contributed by atoms with van der Waals surface area (Å²) < 4.78 is 13.4. The number of aryl methyl sites for hydroxylation is 1. The highest BCUT2D eigenvalue weighted by molar-refractivity contribution is 5.91. The van der Waals surface area contributed by atoms with Gasteiger partial charge in [-0.1, -0.05) is 12.1 Å². The van der Waals surface area contributed by atoms with Crippen molar-refractivity contribution in [3.63, 3.8) is 0 Å². The summed E-state index contributed by atoms with van der Waals surface area (Å²) >= 11 is 0. The predicted octanol–water partition coefficient (Wildman–Crippen LogP) is 2.55. The lowest BCUT2D eigenvalue weighted by molar-refractivity contribution is -0.120. The molecule has 1 aliphatic heterocycles. The molecular formula is C18H19FN4O2. The fourth-order valence-electron chi connectivity index (χ4n) is 2.67. The minimum atomic E-state index is -0.412. The van der Waals surface area contributed by atoms with Crippen LogP contribution in [0.1, 0.15) is 12.0 Å². The van der Waals surface area contributed by atoms with E-state index in [0.29, 0.717) is 37.3 Å². The molecule has 0 spiro atoms. The van der Waals surface area contributed by atoms with Gasteiger partial charge in [0, 0.05) is 43.5 Å². The summed E-state index contributed by atoms with van der Waals surface area (Å²) in [5.41, 5.74) is 2.95. The van der Waals surface area contributed by atoms with Gasteiger partial charge < -0.3 is 15.5 Å². The number of hydrogen-bond donors (Lipinski definition) is 2. The highest BCUT2D eigenvalue weighted by atomic mass is 19.1. The number of pyridine rings is 1. The van der Waals surface area contributed by atoms with Gasteiger partial charge in [-0.2, -0.15) is 0 Å². The average molecular weight is 342 g/mol. The third-order valence-corrected chi connectivity index (χ3v) is 4.12. The number of anilines is 1. The number of aromatic nitrogens is 1. The zero-order valence-electron chi connectivity index (χ0n) is 13.9. The lowest BCUT2D eigenvalue weighted by Crippen LogP contribution is -2.37. The molecule has 1 saturated heterocycles. The van der Waals surface area contributed by atoms with Crippen molar-refractivity contribution in [3.8, 4) is 11.1 Å². The number of amides is 3. The van der Waals surface area contributed by atoms with E-state index in [1.54, 1.807) is 17.2 Å². The van der Waals surface area contributed by atoms with Crippen LogP contribution in [0.5, 0.6) is 0 Å². The normalized spacial score (nSPS) is 14.6. The van der Waals surface area contributed by atoms with Crippen LogP contribution in [0, 0.1) is 12.7 Å². The number of nitrogens with one attached hydrogen (secondary N) is 2. The summed E-state index contributed by atoms with van der Waals surface area (Å²) in [5.74, 6) is -0.461. The molecule has 3 rings (SSSR count). The second-order valence-electron chi connectivity index (χ2n) is 5.94. The summed E-state index contributed by atoms with van der Waals surface area (Å²) in [5, 5.41) is 5.62. The molecule has 0 unspecified atom stereocenters. The highest BCUT2D eigenvalue weighted by Crippen LogP contribution is 2.25. The number of rotatable bonds is 2.